The monoisotopic (exact) mass is 454 g/mol. The lowest BCUT2D eigenvalue weighted by molar-refractivity contribution is -0.113. The van der Waals surface area contributed by atoms with Gasteiger partial charge in [-0.05, 0) is 37.3 Å². The van der Waals surface area contributed by atoms with E-state index in [9.17, 15) is 13.6 Å². The van der Waals surface area contributed by atoms with Crippen LogP contribution in [0.4, 0.5) is 14.6 Å². The zero-order valence-corrected chi connectivity index (χ0v) is 18.0. The number of anilines is 1. The van der Waals surface area contributed by atoms with Gasteiger partial charge in [0.1, 0.15) is 23.7 Å². The van der Waals surface area contributed by atoms with E-state index in [2.05, 4.69) is 15.4 Å². The first-order valence-electron chi connectivity index (χ1n) is 9.83. The maximum Gasteiger partial charge on any atom is 0.235 e. The van der Waals surface area contributed by atoms with Gasteiger partial charge in [-0.25, -0.2) is 18.4 Å². The van der Waals surface area contributed by atoms with Crippen LogP contribution in [-0.2, 0) is 17.1 Å². The highest BCUT2D eigenvalue weighted by molar-refractivity contribution is 7.99. The second kappa shape index (κ2) is 9.78. The van der Waals surface area contributed by atoms with Crippen molar-refractivity contribution >= 4 is 23.5 Å². The Labute approximate surface area is 187 Å². The Kier molecular flexibility index (Phi) is 6.65. The van der Waals surface area contributed by atoms with E-state index in [0.717, 1.165) is 35.0 Å². The van der Waals surface area contributed by atoms with Crippen LogP contribution >= 0.6 is 11.8 Å². The smallest absolute Gasteiger partial charge is 0.235 e. The third-order valence-corrected chi connectivity index (χ3v) is 5.63. The van der Waals surface area contributed by atoms with Crippen molar-refractivity contribution < 1.29 is 18.0 Å². The van der Waals surface area contributed by atoms with Crippen LogP contribution < -0.4 is 5.32 Å². The second-order valence-electron chi connectivity index (χ2n) is 7.12. The number of benzene rings is 2. The lowest BCUT2D eigenvalue weighted by Crippen LogP contribution is -2.19. The number of aromatic nitrogens is 3. The molecule has 0 saturated carbocycles. The molecule has 0 aliphatic carbocycles. The van der Waals surface area contributed by atoms with Gasteiger partial charge in [-0.15, -0.1) is 11.8 Å². The van der Waals surface area contributed by atoms with E-state index in [1.165, 1.54) is 16.4 Å². The van der Waals surface area contributed by atoms with Gasteiger partial charge in [0.15, 0.2) is 0 Å². The summed E-state index contributed by atoms with van der Waals surface area (Å²) in [6, 6.07) is 12.8. The van der Waals surface area contributed by atoms with Gasteiger partial charge in [0.25, 0.3) is 0 Å². The molecular formula is C23H20F2N4O2S. The predicted octanol–water partition coefficient (Wildman–Crippen LogP) is 5.04. The SMILES string of the molecule is Cc1cnn(Cc2cc(F)ccc2F)c1NC(=O)CSCc1coc(-c2ccccc2)n1. The molecule has 164 valence electrons. The zero-order chi connectivity index (χ0) is 22.5. The number of aryl methyl sites for hydroxylation is 1. The average Bonchev–Trinajstić information content (AvgIpc) is 3.39. The van der Waals surface area contributed by atoms with Crippen LogP contribution in [0.3, 0.4) is 0 Å². The second-order valence-corrected chi connectivity index (χ2v) is 8.11. The third-order valence-electron chi connectivity index (χ3n) is 4.66. The highest BCUT2D eigenvalue weighted by atomic mass is 32.2. The van der Waals surface area contributed by atoms with Crippen LogP contribution in [-0.4, -0.2) is 26.4 Å². The van der Waals surface area contributed by atoms with E-state index in [4.69, 9.17) is 4.42 Å². The molecule has 0 spiro atoms. The summed E-state index contributed by atoms with van der Waals surface area (Å²) in [5.74, 6) is 0.391. The molecule has 1 amide bonds. The number of carbonyl (C=O) groups excluding carboxylic acids is 1. The summed E-state index contributed by atoms with van der Waals surface area (Å²) >= 11 is 1.39. The van der Waals surface area contributed by atoms with Crippen LogP contribution in [0.15, 0.2) is 65.4 Å². The number of hydrogen-bond donors (Lipinski definition) is 1. The third kappa shape index (κ3) is 5.23. The molecule has 4 aromatic rings. The van der Waals surface area contributed by atoms with Crippen molar-refractivity contribution in [3.63, 3.8) is 0 Å². The van der Waals surface area contributed by atoms with Gasteiger partial charge in [-0.3, -0.25) is 4.79 Å². The first-order chi connectivity index (χ1) is 15.5. The molecular weight excluding hydrogens is 434 g/mol. The van der Waals surface area contributed by atoms with E-state index in [0.29, 0.717) is 17.5 Å². The van der Waals surface area contributed by atoms with Crippen LogP contribution in [0, 0.1) is 18.6 Å². The minimum atomic E-state index is -0.533. The molecule has 9 heteroatoms. The van der Waals surface area contributed by atoms with Gasteiger partial charge in [-0.2, -0.15) is 5.10 Å². The Morgan fingerprint density at radius 1 is 1.19 bits per heavy atom. The number of hydrogen-bond acceptors (Lipinski definition) is 5. The quantitative estimate of drug-likeness (QED) is 0.404. The van der Waals surface area contributed by atoms with Gasteiger partial charge >= 0.3 is 0 Å². The molecule has 0 aliphatic heterocycles. The fourth-order valence-electron chi connectivity index (χ4n) is 3.09. The summed E-state index contributed by atoms with van der Waals surface area (Å²) in [6.07, 6.45) is 3.15. The van der Waals surface area contributed by atoms with Gasteiger partial charge in [0, 0.05) is 22.4 Å². The van der Waals surface area contributed by atoms with Gasteiger partial charge in [0.05, 0.1) is 24.2 Å². The van der Waals surface area contributed by atoms with Crippen LogP contribution in [0.5, 0.6) is 0 Å². The first-order valence-corrected chi connectivity index (χ1v) is 11.0. The lowest BCUT2D eigenvalue weighted by atomic mass is 10.2. The normalized spacial score (nSPS) is 11.0. The van der Waals surface area contributed by atoms with Crippen LogP contribution in [0.2, 0.25) is 0 Å². The Bertz CT molecular complexity index is 1220. The minimum absolute atomic E-state index is 0.00138. The molecule has 0 unspecified atom stereocenters. The van der Waals surface area contributed by atoms with Gasteiger partial charge in [0.2, 0.25) is 11.8 Å². The number of nitrogens with one attached hydrogen (secondary N) is 1. The van der Waals surface area contributed by atoms with E-state index in [1.807, 2.05) is 30.3 Å². The van der Waals surface area contributed by atoms with Crippen molar-refractivity contribution in [2.75, 3.05) is 11.1 Å². The highest BCUT2D eigenvalue weighted by Crippen LogP contribution is 2.21. The minimum Gasteiger partial charge on any atom is -0.444 e. The number of rotatable bonds is 8. The van der Waals surface area contributed by atoms with Crippen molar-refractivity contribution in [3.8, 4) is 11.5 Å². The number of carbonyl (C=O) groups is 1. The molecule has 0 saturated heterocycles. The Balaban J connectivity index is 1.33. The predicted molar refractivity (Wildman–Crippen MR) is 119 cm³/mol. The number of thioether (sulfide) groups is 1. The molecule has 2 heterocycles. The Hall–Kier alpha value is -3.46. The Morgan fingerprint density at radius 3 is 2.81 bits per heavy atom. The van der Waals surface area contributed by atoms with Crippen LogP contribution in [0.1, 0.15) is 16.8 Å². The summed E-state index contributed by atoms with van der Waals surface area (Å²) in [5, 5.41) is 6.99. The molecule has 32 heavy (non-hydrogen) atoms. The van der Waals surface area contributed by atoms with Crippen molar-refractivity contribution in [3.05, 3.63) is 89.4 Å². The van der Waals surface area contributed by atoms with Gasteiger partial charge < -0.3 is 9.73 Å². The van der Waals surface area contributed by atoms with Crippen molar-refractivity contribution in [1.29, 1.82) is 0 Å². The molecule has 0 atom stereocenters. The zero-order valence-electron chi connectivity index (χ0n) is 17.2. The number of amides is 1. The maximum atomic E-state index is 14.0. The highest BCUT2D eigenvalue weighted by Gasteiger charge is 2.14. The molecule has 2 aromatic carbocycles. The summed E-state index contributed by atoms with van der Waals surface area (Å²) in [6.45, 7) is 1.79. The number of halogens is 2. The molecule has 0 fully saturated rings. The summed E-state index contributed by atoms with van der Waals surface area (Å²) in [7, 11) is 0. The van der Waals surface area contributed by atoms with E-state index in [-0.39, 0.29) is 23.8 Å². The van der Waals surface area contributed by atoms with Crippen molar-refractivity contribution in [1.82, 2.24) is 14.8 Å². The fourth-order valence-corrected chi connectivity index (χ4v) is 3.79. The molecule has 6 nitrogen and oxygen atoms in total. The Morgan fingerprint density at radius 2 is 2.00 bits per heavy atom. The van der Waals surface area contributed by atoms with E-state index in [1.54, 1.807) is 19.4 Å². The average molecular weight is 455 g/mol. The summed E-state index contributed by atoms with van der Waals surface area (Å²) in [4.78, 5) is 16.9. The summed E-state index contributed by atoms with van der Waals surface area (Å²) in [5.41, 5.74) is 2.51. The fraction of sp³-hybridized carbons (Fsp3) is 0.174. The standard InChI is InChI=1S/C23H20F2N4O2S/c1-15-10-26-29(11-17-9-18(24)7-8-20(17)25)22(15)28-21(30)14-32-13-19-12-31-23(27-19)16-5-3-2-4-6-16/h2-10,12H,11,13-14H2,1H3,(H,28,30). The molecule has 1 N–H and O–H groups in total. The van der Waals surface area contributed by atoms with Gasteiger partial charge in [-0.1, -0.05) is 18.2 Å². The molecule has 0 radical (unpaired) electrons. The van der Waals surface area contributed by atoms with E-state index >= 15 is 0 Å². The topological polar surface area (TPSA) is 73.0 Å². The number of oxazole rings is 1. The van der Waals surface area contributed by atoms with Crippen molar-refractivity contribution in [2.24, 2.45) is 0 Å². The first kappa shape index (κ1) is 21.8. The number of nitrogens with zero attached hydrogens (tertiary/aromatic N) is 3. The van der Waals surface area contributed by atoms with Crippen molar-refractivity contribution in [2.45, 2.75) is 19.2 Å². The maximum absolute atomic E-state index is 14.0. The summed E-state index contributed by atoms with van der Waals surface area (Å²) < 4.78 is 34.4. The lowest BCUT2D eigenvalue weighted by Gasteiger charge is -2.11. The van der Waals surface area contributed by atoms with E-state index < -0.39 is 11.6 Å². The van der Waals surface area contributed by atoms with Crippen LogP contribution in [0.25, 0.3) is 11.5 Å². The molecule has 0 bridgehead atoms. The largest absolute Gasteiger partial charge is 0.444 e. The molecule has 2 aromatic heterocycles. The molecule has 0 aliphatic rings. The molecule has 4 rings (SSSR count).